The highest BCUT2D eigenvalue weighted by Crippen LogP contribution is 2.21. The number of anilines is 1. The zero-order valence-electron chi connectivity index (χ0n) is 14.6. The predicted octanol–water partition coefficient (Wildman–Crippen LogP) is 2.99. The van der Waals surface area contributed by atoms with Crippen LogP contribution in [-0.4, -0.2) is 29.9 Å². The van der Waals surface area contributed by atoms with Gasteiger partial charge < -0.3 is 20.7 Å². The van der Waals surface area contributed by atoms with Crippen molar-refractivity contribution in [2.75, 3.05) is 18.4 Å². The molecule has 2 aromatic carbocycles. The Morgan fingerprint density at radius 1 is 1.12 bits per heavy atom. The van der Waals surface area contributed by atoms with E-state index in [-0.39, 0.29) is 11.8 Å². The van der Waals surface area contributed by atoms with Crippen molar-refractivity contribution >= 4 is 17.6 Å². The molecular formula is C20H23N3O3. The first kappa shape index (κ1) is 17.8. The number of benzene rings is 2. The van der Waals surface area contributed by atoms with Gasteiger partial charge in [0.05, 0.1) is 5.92 Å². The van der Waals surface area contributed by atoms with Gasteiger partial charge in [-0.05, 0) is 42.7 Å². The number of piperidine rings is 1. The molecule has 2 aromatic rings. The van der Waals surface area contributed by atoms with E-state index in [1.165, 1.54) is 4.90 Å². The molecule has 0 spiro atoms. The molecule has 0 aliphatic carbocycles. The summed E-state index contributed by atoms with van der Waals surface area (Å²) in [5.74, 6) is 0.420. The number of hydrogen-bond donors (Lipinski definition) is 2. The number of nitrogens with zero attached hydrogens (tertiary/aromatic N) is 1. The molecule has 1 fully saturated rings. The van der Waals surface area contributed by atoms with Crippen LogP contribution in [0.15, 0.2) is 54.6 Å². The second-order valence-corrected chi connectivity index (χ2v) is 6.41. The Labute approximate surface area is 152 Å². The summed E-state index contributed by atoms with van der Waals surface area (Å²) in [7, 11) is 0. The van der Waals surface area contributed by atoms with E-state index in [1.807, 2.05) is 54.6 Å². The van der Waals surface area contributed by atoms with Crippen LogP contribution in [0.1, 0.15) is 18.4 Å². The molecule has 0 aromatic heterocycles. The van der Waals surface area contributed by atoms with E-state index < -0.39 is 6.03 Å². The van der Waals surface area contributed by atoms with Gasteiger partial charge in [-0.2, -0.15) is 0 Å². The monoisotopic (exact) mass is 353 g/mol. The average molecular weight is 353 g/mol. The van der Waals surface area contributed by atoms with Crippen molar-refractivity contribution in [3.05, 3.63) is 60.2 Å². The summed E-state index contributed by atoms with van der Waals surface area (Å²) >= 11 is 0. The lowest BCUT2D eigenvalue weighted by Crippen LogP contribution is -2.46. The van der Waals surface area contributed by atoms with Crippen LogP contribution in [0, 0.1) is 5.92 Å². The summed E-state index contributed by atoms with van der Waals surface area (Å²) in [4.78, 5) is 25.2. The molecule has 1 aliphatic heterocycles. The first-order chi connectivity index (χ1) is 12.6. The third-order valence-electron chi connectivity index (χ3n) is 4.47. The lowest BCUT2D eigenvalue weighted by atomic mass is 9.97. The average Bonchev–Trinajstić information content (AvgIpc) is 2.68. The quantitative estimate of drug-likeness (QED) is 0.866. The van der Waals surface area contributed by atoms with Crippen LogP contribution in [0.25, 0.3) is 0 Å². The molecule has 0 saturated carbocycles. The van der Waals surface area contributed by atoms with E-state index in [2.05, 4.69) is 5.32 Å². The number of nitrogens with two attached hydrogens (primary N) is 1. The maximum Gasteiger partial charge on any atom is 0.314 e. The number of ether oxygens (including phenoxy) is 1. The van der Waals surface area contributed by atoms with Crippen LogP contribution in [0.2, 0.25) is 0 Å². The number of primary amides is 1. The highest BCUT2D eigenvalue weighted by Gasteiger charge is 2.27. The number of carbonyl (C=O) groups excluding carboxylic acids is 2. The second kappa shape index (κ2) is 8.38. The number of rotatable bonds is 5. The van der Waals surface area contributed by atoms with E-state index in [9.17, 15) is 9.59 Å². The Morgan fingerprint density at radius 2 is 1.85 bits per heavy atom. The van der Waals surface area contributed by atoms with Gasteiger partial charge >= 0.3 is 6.03 Å². The zero-order valence-corrected chi connectivity index (χ0v) is 14.6. The molecule has 1 heterocycles. The highest BCUT2D eigenvalue weighted by molar-refractivity contribution is 5.93. The number of amides is 3. The van der Waals surface area contributed by atoms with Crippen molar-refractivity contribution in [3.8, 4) is 5.75 Å². The number of hydrogen-bond acceptors (Lipinski definition) is 3. The topological polar surface area (TPSA) is 84.7 Å². The number of likely N-dealkylation sites (tertiary alicyclic amines) is 1. The van der Waals surface area contributed by atoms with Crippen molar-refractivity contribution < 1.29 is 14.3 Å². The third kappa shape index (κ3) is 4.75. The van der Waals surface area contributed by atoms with Crippen LogP contribution < -0.4 is 15.8 Å². The summed E-state index contributed by atoms with van der Waals surface area (Å²) in [5, 5.41) is 2.90. The minimum atomic E-state index is -0.470. The Bertz CT molecular complexity index is 747. The molecule has 1 atom stereocenters. The summed E-state index contributed by atoms with van der Waals surface area (Å²) < 4.78 is 5.74. The van der Waals surface area contributed by atoms with Gasteiger partial charge in [0.25, 0.3) is 0 Å². The summed E-state index contributed by atoms with van der Waals surface area (Å²) in [5.41, 5.74) is 7.12. The first-order valence-corrected chi connectivity index (χ1v) is 8.74. The molecule has 3 amide bonds. The Morgan fingerprint density at radius 3 is 2.54 bits per heavy atom. The van der Waals surface area contributed by atoms with Crippen LogP contribution in [0.4, 0.5) is 10.5 Å². The maximum atomic E-state index is 12.4. The van der Waals surface area contributed by atoms with Crippen LogP contribution in [0.5, 0.6) is 5.75 Å². The molecule has 1 aliphatic rings. The lowest BCUT2D eigenvalue weighted by molar-refractivity contribution is -0.121. The van der Waals surface area contributed by atoms with E-state index >= 15 is 0 Å². The maximum absolute atomic E-state index is 12.4. The molecule has 6 heteroatoms. The van der Waals surface area contributed by atoms with Crippen molar-refractivity contribution in [1.82, 2.24) is 4.90 Å². The Balaban J connectivity index is 1.52. The van der Waals surface area contributed by atoms with Gasteiger partial charge in [-0.15, -0.1) is 0 Å². The fourth-order valence-electron chi connectivity index (χ4n) is 3.01. The normalized spacial score (nSPS) is 16.8. The van der Waals surface area contributed by atoms with Crippen molar-refractivity contribution in [2.24, 2.45) is 11.7 Å². The number of carbonyl (C=O) groups is 2. The van der Waals surface area contributed by atoms with Gasteiger partial charge in [-0.1, -0.05) is 30.3 Å². The van der Waals surface area contributed by atoms with Gasteiger partial charge in [0.2, 0.25) is 5.91 Å². The fraction of sp³-hybridized carbons (Fsp3) is 0.300. The Hall–Kier alpha value is -3.02. The molecule has 0 unspecified atom stereocenters. The van der Waals surface area contributed by atoms with E-state index in [0.29, 0.717) is 25.4 Å². The summed E-state index contributed by atoms with van der Waals surface area (Å²) in [6.45, 7) is 1.49. The minimum Gasteiger partial charge on any atom is -0.489 e. The van der Waals surface area contributed by atoms with Gasteiger partial charge in [0.15, 0.2) is 0 Å². The SMILES string of the molecule is NC(=O)N1CCC[C@@H](C(=O)Nc2ccc(OCc3ccccc3)cc2)C1. The summed E-state index contributed by atoms with van der Waals surface area (Å²) in [6.07, 6.45) is 1.54. The minimum absolute atomic E-state index is 0.0890. The molecule has 0 bridgehead atoms. The zero-order chi connectivity index (χ0) is 18.4. The van der Waals surface area contributed by atoms with Gasteiger partial charge in [0, 0.05) is 18.8 Å². The molecule has 1 saturated heterocycles. The Kier molecular flexibility index (Phi) is 5.73. The second-order valence-electron chi connectivity index (χ2n) is 6.41. The molecule has 6 nitrogen and oxygen atoms in total. The number of urea groups is 1. The number of nitrogens with one attached hydrogen (secondary N) is 1. The molecule has 0 radical (unpaired) electrons. The van der Waals surface area contributed by atoms with E-state index in [4.69, 9.17) is 10.5 Å². The van der Waals surface area contributed by atoms with Crippen LogP contribution in [-0.2, 0) is 11.4 Å². The summed E-state index contributed by atoms with van der Waals surface area (Å²) in [6, 6.07) is 16.7. The molecule has 3 N–H and O–H groups in total. The molecule has 3 rings (SSSR count). The van der Waals surface area contributed by atoms with Crippen LogP contribution >= 0.6 is 0 Å². The van der Waals surface area contributed by atoms with Gasteiger partial charge in [0.1, 0.15) is 12.4 Å². The van der Waals surface area contributed by atoms with Gasteiger partial charge in [-0.3, -0.25) is 4.79 Å². The van der Waals surface area contributed by atoms with Gasteiger partial charge in [-0.25, -0.2) is 4.79 Å². The smallest absolute Gasteiger partial charge is 0.314 e. The third-order valence-corrected chi connectivity index (χ3v) is 4.47. The highest BCUT2D eigenvalue weighted by atomic mass is 16.5. The van der Waals surface area contributed by atoms with Crippen molar-refractivity contribution in [1.29, 1.82) is 0 Å². The fourth-order valence-corrected chi connectivity index (χ4v) is 3.01. The predicted molar refractivity (Wildman–Crippen MR) is 99.7 cm³/mol. The molecule has 26 heavy (non-hydrogen) atoms. The molecule has 136 valence electrons. The van der Waals surface area contributed by atoms with Crippen molar-refractivity contribution in [2.45, 2.75) is 19.4 Å². The van der Waals surface area contributed by atoms with E-state index in [0.717, 1.165) is 24.2 Å². The largest absolute Gasteiger partial charge is 0.489 e. The first-order valence-electron chi connectivity index (χ1n) is 8.74. The van der Waals surface area contributed by atoms with E-state index in [1.54, 1.807) is 0 Å². The van der Waals surface area contributed by atoms with Crippen molar-refractivity contribution in [3.63, 3.8) is 0 Å². The molecular weight excluding hydrogens is 330 g/mol. The standard InChI is InChI=1S/C20H23N3O3/c21-20(25)23-12-4-7-16(13-23)19(24)22-17-8-10-18(11-9-17)26-14-15-5-2-1-3-6-15/h1-3,5-6,8-11,16H,4,7,12-14H2,(H2,21,25)(H,22,24)/t16-/m1/s1. The van der Waals surface area contributed by atoms with Crippen LogP contribution in [0.3, 0.4) is 0 Å². The lowest BCUT2D eigenvalue weighted by Gasteiger charge is -2.30.